The fourth-order valence-electron chi connectivity index (χ4n) is 5.06. The Balaban J connectivity index is 1.36. The first-order valence-corrected chi connectivity index (χ1v) is 11.8. The van der Waals surface area contributed by atoms with E-state index in [9.17, 15) is 10.1 Å². The fourth-order valence-corrected chi connectivity index (χ4v) is 5.06. The minimum atomic E-state index is -0.239. The molecule has 0 saturated heterocycles. The van der Waals surface area contributed by atoms with Crippen molar-refractivity contribution in [1.29, 1.82) is 5.26 Å². The van der Waals surface area contributed by atoms with E-state index < -0.39 is 0 Å². The highest BCUT2D eigenvalue weighted by Gasteiger charge is 2.30. The molecule has 0 fully saturated rings. The van der Waals surface area contributed by atoms with Crippen LogP contribution in [-0.2, 0) is 22.4 Å². The molecule has 178 valence electrons. The molecule has 1 aliphatic heterocycles. The van der Waals surface area contributed by atoms with E-state index in [0.717, 1.165) is 52.3 Å². The normalized spacial score (nSPS) is 17.6. The fraction of sp³-hybridized carbons (Fsp3) is 0.310. The summed E-state index contributed by atoms with van der Waals surface area (Å²) in [7, 11) is 3.05. The van der Waals surface area contributed by atoms with Crippen molar-refractivity contribution < 1.29 is 23.7 Å². The molecule has 5 rings (SSSR count). The molecule has 0 radical (unpaired) electrons. The van der Waals surface area contributed by atoms with Gasteiger partial charge in [-0.1, -0.05) is 24.3 Å². The lowest BCUT2D eigenvalue weighted by Crippen LogP contribution is -2.09. The van der Waals surface area contributed by atoms with Crippen molar-refractivity contribution in [2.45, 2.75) is 37.7 Å². The predicted octanol–water partition coefficient (Wildman–Crippen LogP) is 5.26. The van der Waals surface area contributed by atoms with Crippen LogP contribution >= 0.6 is 0 Å². The number of rotatable bonds is 7. The Labute approximate surface area is 205 Å². The molecule has 0 spiro atoms. The summed E-state index contributed by atoms with van der Waals surface area (Å²) in [6.45, 7) is 0.464. The van der Waals surface area contributed by atoms with Gasteiger partial charge in [0.15, 0.2) is 0 Å². The van der Waals surface area contributed by atoms with Gasteiger partial charge in [-0.2, -0.15) is 5.26 Å². The summed E-state index contributed by atoms with van der Waals surface area (Å²) in [6, 6.07) is 20.1. The predicted molar refractivity (Wildman–Crippen MR) is 130 cm³/mol. The van der Waals surface area contributed by atoms with E-state index in [2.05, 4.69) is 6.07 Å². The van der Waals surface area contributed by atoms with E-state index >= 15 is 0 Å². The van der Waals surface area contributed by atoms with Gasteiger partial charge in [0.05, 0.1) is 38.9 Å². The maximum atomic E-state index is 11.7. The second-order valence-electron chi connectivity index (χ2n) is 8.93. The molecule has 35 heavy (non-hydrogen) atoms. The number of hydrogen-bond acceptors (Lipinski definition) is 6. The van der Waals surface area contributed by atoms with Crippen LogP contribution in [0.1, 0.15) is 58.2 Å². The summed E-state index contributed by atoms with van der Waals surface area (Å²) in [6.07, 6.45) is 2.62. The lowest BCUT2D eigenvalue weighted by molar-refractivity contribution is -0.141. The highest BCUT2D eigenvalue weighted by atomic mass is 16.5. The molecule has 0 N–H and O–H groups in total. The van der Waals surface area contributed by atoms with Crippen molar-refractivity contribution in [1.82, 2.24) is 0 Å². The van der Waals surface area contributed by atoms with Crippen LogP contribution in [0.2, 0.25) is 0 Å². The van der Waals surface area contributed by atoms with E-state index in [0.29, 0.717) is 25.0 Å². The summed E-state index contributed by atoms with van der Waals surface area (Å²) in [4.78, 5) is 11.7. The van der Waals surface area contributed by atoms with Gasteiger partial charge in [-0.25, -0.2) is 0 Å². The maximum Gasteiger partial charge on any atom is 0.306 e. The zero-order valence-electron chi connectivity index (χ0n) is 19.9. The lowest BCUT2D eigenvalue weighted by atomic mass is 9.92. The number of benzene rings is 3. The minimum absolute atomic E-state index is 0.00335. The maximum absolute atomic E-state index is 11.7. The topological polar surface area (TPSA) is 77.8 Å². The Kier molecular flexibility index (Phi) is 6.33. The Morgan fingerprint density at radius 3 is 2.57 bits per heavy atom. The van der Waals surface area contributed by atoms with Crippen molar-refractivity contribution in [3.8, 4) is 23.3 Å². The van der Waals surface area contributed by atoms with E-state index in [1.54, 1.807) is 7.11 Å². The molecular weight excluding hydrogens is 442 g/mol. The number of carbonyl (C=O) groups is 1. The van der Waals surface area contributed by atoms with Crippen LogP contribution < -0.4 is 14.2 Å². The van der Waals surface area contributed by atoms with E-state index in [1.165, 1.54) is 12.7 Å². The molecule has 0 saturated carbocycles. The molecule has 2 atom stereocenters. The van der Waals surface area contributed by atoms with Crippen molar-refractivity contribution in [2.75, 3.05) is 20.8 Å². The van der Waals surface area contributed by atoms with E-state index in [4.69, 9.17) is 18.9 Å². The number of nitriles is 1. The van der Waals surface area contributed by atoms with Crippen molar-refractivity contribution >= 4 is 5.97 Å². The Morgan fingerprint density at radius 1 is 1.06 bits per heavy atom. The first-order chi connectivity index (χ1) is 17.1. The van der Waals surface area contributed by atoms with Crippen LogP contribution in [-0.4, -0.2) is 26.8 Å². The Bertz CT molecular complexity index is 1290. The first-order valence-electron chi connectivity index (χ1n) is 11.8. The van der Waals surface area contributed by atoms with Crippen LogP contribution in [0.5, 0.6) is 17.2 Å². The van der Waals surface area contributed by atoms with Crippen LogP contribution in [0.15, 0.2) is 54.6 Å². The number of methoxy groups -OCH3 is 2. The summed E-state index contributed by atoms with van der Waals surface area (Å²) in [5.41, 5.74) is 6.28. The lowest BCUT2D eigenvalue weighted by Gasteiger charge is -2.17. The molecule has 1 aliphatic carbocycles. The van der Waals surface area contributed by atoms with Gasteiger partial charge in [-0.15, -0.1) is 0 Å². The summed E-state index contributed by atoms with van der Waals surface area (Å²) in [5.74, 6) is 2.08. The van der Waals surface area contributed by atoms with E-state index in [1.807, 2.05) is 54.6 Å². The van der Waals surface area contributed by atoms with Crippen LogP contribution in [0, 0.1) is 11.3 Å². The van der Waals surface area contributed by atoms with Gasteiger partial charge >= 0.3 is 5.97 Å². The van der Waals surface area contributed by atoms with Crippen LogP contribution in [0.3, 0.4) is 0 Å². The average Bonchev–Trinajstić information content (AvgIpc) is 3.48. The third kappa shape index (κ3) is 4.54. The average molecular weight is 470 g/mol. The molecule has 3 aromatic carbocycles. The molecule has 0 aromatic heterocycles. The molecule has 1 unspecified atom stereocenters. The van der Waals surface area contributed by atoms with Gasteiger partial charge in [0.1, 0.15) is 23.4 Å². The second-order valence-corrected chi connectivity index (χ2v) is 8.93. The third-order valence-corrected chi connectivity index (χ3v) is 6.92. The minimum Gasteiger partial charge on any atom is -0.497 e. The molecule has 1 heterocycles. The standard InChI is InChI=1S/C29H27NO5/c1-32-21-6-3-18(4-7-21)13-26-19(16-30)5-9-25-24(26)11-12-27(25)35-22-8-10-23-20(14-29(31)33-2)17-34-28(23)15-22/h3-10,15,20,27H,11-14,17H2,1-2H3/t20?,27-/m1/s1. The summed E-state index contributed by atoms with van der Waals surface area (Å²) >= 11 is 0. The SMILES string of the molecule is COC(=O)CC1COc2cc(O[C@@H]3CCc4c3ccc(C#N)c4Cc3ccc(OC)cc3)ccc21. The number of nitrogens with zero attached hydrogens (tertiary/aromatic N) is 1. The highest BCUT2D eigenvalue weighted by Crippen LogP contribution is 2.42. The molecule has 6 nitrogen and oxygen atoms in total. The van der Waals surface area contributed by atoms with Crippen LogP contribution in [0.4, 0.5) is 0 Å². The largest absolute Gasteiger partial charge is 0.497 e. The van der Waals surface area contributed by atoms with E-state index in [-0.39, 0.29) is 18.0 Å². The van der Waals surface area contributed by atoms with Crippen molar-refractivity contribution in [3.63, 3.8) is 0 Å². The zero-order valence-corrected chi connectivity index (χ0v) is 19.9. The number of fused-ring (bicyclic) bond motifs is 2. The van der Waals surface area contributed by atoms with Crippen molar-refractivity contribution in [3.05, 3.63) is 88.0 Å². The third-order valence-electron chi connectivity index (χ3n) is 6.92. The van der Waals surface area contributed by atoms with Gasteiger partial charge in [-0.05, 0) is 65.8 Å². The van der Waals surface area contributed by atoms with Crippen molar-refractivity contribution in [2.24, 2.45) is 0 Å². The van der Waals surface area contributed by atoms with Gasteiger partial charge in [-0.3, -0.25) is 4.79 Å². The number of carbonyl (C=O) groups excluding carboxylic acids is 1. The van der Waals surface area contributed by atoms with Crippen LogP contribution in [0.25, 0.3) is 0 Å². The molecule has 6 heteroatoms. The summed E-state index contributed by atoms with van der Waals surface area (Å²) in [5, 5.41) is 9.75. The monoisotopic (exact) mass is 469 g/mol. The first kappa shape index (κ1) is 22.8. The second kappa shape index (κ2) is 9.71. The molecule has 0 amide bonds. The Morgan fingerprint density at radius 2 is 1.83 bits per heavy atom. The van der Waals surface area contributed by atoms with Gasteiger partial charge < -0.3 is 18.9 Å². The summed E-state index contributed by atoms with van der Waals surface area (Å²) < 4.78 is 22.3. The molecule has 0 bridgehead atoms. The highest BCUT2D eigenvalue weighted by molar-refractivity contribution is 5.71. The number of esters is 1. The number of ether oxygens (including phenoxy) is 4. The quantitative estimate of drug-likeness (QED) is 0.439. The molecule has 2 aliphatic rings. The van der Waals surface area contributed by atoms with Gasteiger partial charge in [0, 0.05) is 17.5 Å². The van der Waals surface area contributed by atoms with Gasteiger partial charge in [0.2, 0.25) is 0 Å². The van der Waals surface area contributed by atoms with Gasteiger partial charge in [0.25, 0.3) is 0 Å². The number of hydrogen-bond donors (Lipinski definition) is 0. The molecule has 3 aromatic rings. The zero-order chi connectivity index (χ0) is 24.4. The smallest absolute Gasteiger partial charge is 0.306 e. The Hall–Kier alpha value is -3.98. The molecular formula is C29H27NO5.